The molecule has 0 fully saturated rings. The first-order chi connectivity index (χ1) is 15.5. The molecular weight excluding hydrogens is 411 g/mol. The van der Waals surface area contributed by atoms with Gasteiger partial charge in [-0.1, -0.05) is 49.3 Å². The molecule has 2 aromatic heterocycles. The third-order valence-electron chi connectivity index (χ3n) is 5.02. The summed E-state index contributed by atoms with van der Waals surface area (Å²) in [4.78, 5) is 17.2. The van der Waals surface area contributed by atoms with Gasteiger partial charge in [-0.05, 0) is 34.9 Å². The van der Waals surface area contributed by atoms with Gasteiger partial charge in [0.2, 0.25) is 11.7 Å². The molecular formula is C23H23FN6O2. The minimum absolute atomic E-state index is 0.00361. The maximum Gasteiger partial charge on any atom is 0.350 e. The van der Waals surface area contributed by atoms with Crippen molar-refractivity contribution in [2.45, 2.75) is 26.3 Å². The Morgan fingerprint density at radius 2 is 1.88 bits per heavy atom. The van der Waals surface area contributed by atoms with Crippen LogP contribution in [-0.4, -0.2) is 31.0 Å². The highest BCUT2D eigenvalue weighted by Gasteiger charge is 2.13. The van der Waals surface area contributed by atoms with Gasteiger partial charge in [-0.3, -0.25) is 0 Å². The largest absolute Gasteiger partial charge is 0.350 e. The second kappa shape index (κ2) is 9.11. The summed E-state index contributed by atoms with van der Waals surface area (Å²) < 4.78 is 20.7. The number of rotatable bonds is 7. The van der Waals surface area contributed by atoms with Crippen LogP contribution in [0.2, 0.25) is 0 Å². The fourth-order valence-corrected chi connectivity index (χ4v) is 3.22. The van der Waals surface area contributed by atoms with E-state index in [1.807, 2.05) is 62.4 Å². The van der Waals surface area contributed by atoms with E-state index in [0.29, 0.717) is 23.7 Å². The number of hydrogen-bond acceptors (Lipinski definition) is 6. The molecule has 2 aromatic carbocycles. The molecule has 0 amide bonds. The quantitative estimate of drug-likeness (QED) is 0.476. The van der Waals surface area contributed by atoms with Gasteiger partial charge in [0.25, 0.3) is 0 Å². The van der Waals surface area contributed by atoms with Crippen molar-refractivity contribution in [3.8, 4) is 28.2 Å². The number of hydrogen-bond donors (Lipinski definition) is 1. The summed E-state index contributed by atoms with van der Waals surface area (Å²) in [5.74, 6) is 1.27. The lowest BCUT2D eigenvalue weighted by Gasteiger charge is -2.07. The Morgan fingerprint density at radius 3 is 2.56 bits per heavy atom. The molecule has 0 radical (unpaired) electrons. The van der Waals surface area contributed by atoms with Crippen LogP contribution >= 0.6 is 0 Å². The zero-order valence-electron chi connectivity index (χ0n) is 17.8. The molecule has 9 heteroatoms. The molecule has 32 heavy (non-hydrogen) atoms. The number of aromatic nitrogens is 5. The molecule has 2 heterocycles. The van der Waals surface area contributed by atoms with Crippen LogP contribution < -0.4 is 11.4 Å². The molecule has 4 rings (SSSR count). The summed E-state index contributed by atoms with van der Waals surface area (Å²) in [6.07, 6.45) is 1.82. The fraction of sp³-hybridized carbons (Fsp3) is 0.217. The lowest BCUT2D eigenvalue weighted by atomic mass is 10.0. The van der Waals surface area contributed by atoms with Crippen molar-refractivity contribution in [3.05, 3.63) is 83.1 Å². The van der Waals surface area contributed by atoms with Crippen LogP contribution in [0.15, 0.2) is 76.1 Å². The summed E-state index contributed by atoms with van der Waals surface area (Å²) in [6, 6.07) is 15.3. The van der Waals surface area contributed by atoms with Crippen molar-refractivity contribution in [1.29, 1.82) is 0 Å². The summed E-state index contributed by atoms with van der Waals surface area (Å²) in [7, 11) is 0. The van der Waals surface area contributed by atoms with E-state index < -0.39 is 0 Å². The number of nitrogens with two attached hydrogens (primary N) is 1. The molecule has 0 spiro atoms. The summed E-state index contributed by atoms with van der Waals surface area (Å²) >= 11 is 0. The molecule has 0 aliphatic rings. The van der Waals surface area contributed by atoms with Crippen molar-refractivity contribution >= 4 is 0 Å². The third kappa shape index (κ3) is 4.28. The van der Waals surface area contributed by atoms with Crippen LogP contribution in [0.1, 0.15) is 25.7 Å². The van der Waals surface area contributed by atoms with Gasteiger partial charge in [-0.2, -0.15) is 10.1 Å². The zero-order chi connectivity index (χ0) is 22.7. The van der Waals surface area contributed by atoms with Crippen molar-refractivity contribution < 1.29 is 8.91 Å². The van der Waals surface area contributed by atoms with Crippen LogP contribution in [0.3, 0.4) is 0 Å². The predicted octanol–water partition coefficient (Wildman–Crippen LogP) is 3.69. The first kappa shape index (κ1) is 21.4. The van der Waals surface area contributed by atoms with Gasteiger partial charge in [0.05, 0.1) is 18.6 Å². The minimum atomic E-state index is -0.378. The molecule has 0 saturated heterocycles. The minimum Gasteiger partial charge on any atom is -0.339 e. The molecule has 8 nitrogen and oxygen atoms in total. The highest BCUT2D eigenvalue weighted by molar-refractivity contribution is 5.71. The molecule has 2 N–H and O–H groups in total. The second-order valence-corrected chi connectivity index (χ2v) is 7.65. The van der Waals surface area contributed by atoms with Crippen LogP contribution in [0.5, 0.6) is 0 Å². The van der Waals surface area contributed by atoms with Gasteiger partial charge in [-0.25, -0.2) is 18.4 Å². The SMILES string of the molecule is CC(C)c1nc(-c2cccc(-c3cccc(-n4cnn(C/C(=C/F)CN)c4=O)c3)c2)no1. The Morgan fingerprint density at radius 1 is 1.16 bits per heavy atom. The Balaban J connectivity index is 1.66. The molecule has 0 aliphatic heterocycles. The standard InChI is InChI=1S/C23H23FN6O2/c1-15(2)22-27-21(28-32-22)19-7-3-5-17(9-19)18-6-4-8-20(10-18)29-14-26-30(23(29)31)13-16(11-24)12-25/h3-11,14-15H,12-13,25H2,1-2H3/b16-11+. The second-order valence-electron chi connectivity index (χ2n) is 7.65. The van der Waals surface area contributed by atoms with Gasteiger partial charge >= 0.3 is 5.69 Å². The van der Waals surface area contributed by atoms with Crippen LogP contribution in [0, 0.1) is 0 Å². The maximum atomic E-state index is 12.8. The molecule has 0 atom stereocenters. The van der Waals surface area contributed by atoms with Gasteiger partial charge < -0.3 is 10.3 Å². The first-order valence-electron chi connectivity index (χ1n) is 10.2. The summed E-state index contributed by atoms with van der Waals surface area (Å²) in [6.45, 7) is 4.01. The molecule has 0 saturated carbocycles. The highest BCUT2D eigenvalue weighted by atomic mass is 19.1. The van der Waals surface area contributed by atoms with Crippen molar-refractivity contribution in [2.75, 3.05) is 6.54 Å². The fourth-order valence-electron chi connectivity index (χ4n) is 3.22. The molecule has 0 unspecified atom stereocenters. The van der Waals surface area contributed by atoms with Crippen LogP contribution in [0.25, 0.3) is 28.2 Å². The lowest BCUT2D eigenvalue weighted by molar-refractivity contribution is 0.365. The van der Waals surface area contributed by atoms with Crippen LogP contribution in [-0.2, 0) is 6.54 Å². The summed E-state index contributed by atoms with van der Waals surface area (Å²) in [5, 5.41) is 8.15. The van der Waals surface area contributed by atoms with E-state index in [1.165, 1.54) is 15.6 Å². The van der Waals surface area contributed by atoms with E-state index in [-0.39, 0.29) is 30.3 Å². The average Bonchev–Trinajstić information content (AvgIpc) is 3.45. The van der Waals surface area contributed by atoms with Gasteiger partial charge in [0, 0.05) is 18.0 Å². The molecule has 4 aromatic rings. The highest BCUT2D eigenvalue weighted by Crippen LogP contribution is 2.27. The first-order valence-corrected chi connectivity index (χ1v) is 10.2. The van der Waals surface area contributed by atoms with Gasteiger partial charge in [-0.15, -0.1) is 0 Å². The Labute approximate surface area is 183 Å². The number of benzene rings is 2. The normalized spacial score (nSPS) is 12.0. The summed E-state index contributed by atoms with van der Waals surface area (Å²) in [5.41, 5.74) is 8.70. The Bertz CT molecular complexity index is 1320. The zero-order valence-corrected chi connectivity index (χ0v) is 17.8. The van der Waals surface area contributed by atoms with E-state index in [1.54, 1.807) is 0 Å². The predicted molar refractivity (Wildman–Crippen MR) is 119 cm³/mol. The average molecular weight is 434 g/mol. The van der Waals surface area contributed by atoms with Gasteiger partial charge in [0.1, 0.15) is 6.33 Å². The maximum absolute atomic E-state index is 12.8. The van der Waals surface area contributed by atoms with E-state index in [0.717, 1.165) is 16.7 Å². The van der Waals surface area contributed by atoms with Crippen molar-refractivity contribution in [3.63, 3.8) is 0 Å². The molecule has 164 valence electrons. The van der Waals surface area contributed by atoms with E-state index in [4.69, 9.17) is 10.3 Å². The Kier molecular flexibility index (Phi) is 6.09. The molecule has 0 bridgehead atoms. The van der Waals surface area contributed by atoms with Crippen molar-refractivity contribution in [1.82, 2.24) is 24.5 Å². The van der Waals surface area contributed by atoms with E-state index in [2.05, 4.69) is 15.2 Å². The topological polar surface area (TPSA) is 105 Å². The third-order valence-corrected chi connectivity index (χ3v) is 5.02. The smallest absolute Gasteiger partial charge is 0.339 e. The van der Waals surface area contributed by atoms with Gasteiger partial charge in [0.15, 0.2) is 0 Å². The lowest BCUT2D eigenvalue weighted by Crippen LogP contribution is -2.25. The number of nitrogens with zero attached hydrogens (tertiary/aromatic N) is 5. The monoisotopic (exact) mass is 434 g/mol. The molecule has 0 aliphatic carbocycles. The van der Waals surface area contributed by atoms with Crippen LogP contribution in [0.4, 0.5) is 4.39 Å². The van der Waals surface area contributed by atoms with E-state index >= 15 is 0 Å². The Hall–Kier alpha value is -3.85. The van der Waals surface area contributed by atoms with Crippen molar-refractivity contribution in [2.24, 2.45) is 5.73 Å². The number of halogens is 1. The van der Waals surface area contributed by atoms with E-state index in [9.17, 15) is 9.18 Å².